The minimum atomic E-state index is -4.48. The van der Waals surface area contributed by atoms with Crippen LogP contribution in [0.2, 0.25) is 0 Å². The van der Waals surface area contributed by atoms with Crippen LogP contribution in [0.3, 0.4) is 0 Å². The van der Waals surface area contributed by atoms with Crippen LogP contribution in [-0.2, 0) is 16.7 Å². The van der Waals surface area contributed by atoms with Gasteiger partial charge in [0.15, 0.2) is 0 Å². The Labute approximate surface area is 161 Å². The first kappa shape index (κ1) is 20.6. The maximum Gasteiger partial charge on any atom is 0.417 e. The van der Waals surface area contributed by atoms with E-state index in [9.17, 15) is 18.0 Å². The van der Waals surface area contributed by atoms with Crippen LogP contribution in [0, 0.1) is 0 Å². The van der Waals surface area contributed by atoms with Crippen molar-refractivity contribution >= 4 is 39.8 Å². The predicted molar refractivity (Wildman–Crippen MR) is 99.0 cm³/mol. The minimum Gasteiger partial charge on any atom is -0.296 e. The summed E-state index contributed by atoms with van der Waals surface area (Å²) in [4.78, 5) is 10.4. The van der Waals surface area contributed by atoms with Crippen LogP contribution in [0.1, 0.15) is 11.1 Å². The monoisotopic (exact) mass is 448 g/mol. The molecule has 2 rings (SSSR count). The molecule has 0 saturated heterocycles. The molecular weight excluding hydrogens is 433 g/mol. The summed E-state index contributed by atoms with van der Waals surface area (Å²) in [5.74, 6) is 0.357. The highest BCUT2D eigenvalue weighted by Gasteiger charge is 2.35. The highest BCUT2D eigenvalue weighted by Crippen LogP contribution is 2.42. The van der Waals surface area contributed by atoms with Crippen molar-refractivity contribution in [2.24, 2.45) is 0 Å². The zero-order valence-corrected chi connectivity index (χ0v) is 16.0. The number of alkyl halides is 3. The van der Waals surface area contributed by atoms with Gasteiger partial charge in [0.25, 0.3) is 0 Å². The summed E-state index contributed by atoms with van der Waals surface area (Å²) in [6.45, 7) is 0. The highest BCUT2D eigenvalue weighted by atomic mass is 79.9. The third kappa shape index (κ3) is 5.37. The van der Waals surface area contributed by atoms with Crippen LogP contribution in [0.5, 0.6) is 0 Å². The van der Waals surface area contributed by atoms with E-state index in [4.69, 9.17) is 0 Å². The molecule has 0 saturated carbocycles. The van der Waals surface area contributed by atoms with Gasteiger partial charge in [0.2, 0.25) is 6.41 Å². The van der Waals surface area contributed by atoms with Crippen molar-refractivity contribution in [2.45, 2.75) is 16.8 Å². The lowest BCUT2D eigenvalue weighted by Crippen LogP contribution is -2.51. The Morgan fingerprint density at radius 1 is 1.19 bits per heavy atom. The first-order chi connectivity index (χ1) is 12.3. The second kappa shape index (κ2) is 9.26. The number of hydrogen-bond donors (Lipinski definition) is 3. The van der Waals surface area contributed by atoms with Crippen molar-refractivity contribution in [3.05, 3.63) is 58.1 Å². The zero-order chi connectivity index (χ0) is 19.2. The van der Waals surface area contributed by atoms with Gasteiger partial charge in [-0.2, -0.15) is 24.2 Å². The molecule has 26 heavy (non-hydrogen) atoms. The van der Waals surface area contributed by atoms with E-state index in [1.165, 1.54) is 18.1 Å². The molecule has 2 aromatic carbocycles. The summed E-state index contributed by atoms with van der Waals surface area (Å²) in [6.07, 6.45) is -4.09. The number of thioether (sulfide) groups is 1. The van der Waals surface area contributed by atoms with Crippen molar-refractivity contribution in [3.63, 3.8) is 0 Å². The lowest BCUT2D eigenvalue weighted by Gasteiger charge is -2.25. The van der Waals surface area contributed by atoms with Crippen molar-refractivity contribution in [1.29, 1.82) is 0 Å². The van der Waals surface area contributed by atoms with Crippen LogP contribution < -0.4 is 21.5 Å². The molecule has 0 aliphatic heterocycles. The average molecular weight is 449 g/mol. The van der Waals surface area contributed by atoms with Gasteiger partial charge < -0.3 is 0 Å². The number of carbonyl (C=O) groups is 1. The number of hydrazine groups is 3. The quantitative estimate of drug-likeness (QED) is 0.247. The average Bonchev–Trinajstić information content (AvgIpc) is 2.60. The molecule has 3 N–H and O–H groups in total. The largest absolute Gasteiger partial charge is 0.417 e. The molecule has 5 nitrogen and oxygen atoms in total. The van der Waals surface area contributed by atoms with Gasteiger partial charge in [-0.3, -0.25) is 15.2 Å². The van der Waals surface area contributed by atoms with Gasteiger partial charge in [0.05, 0.1) is 11.3 Å². The number of nitrogens with zero attached hydrogens (tertiary/aromatic N) is 1. The SMILES string of the molecule is CN(NNNC=O)c1cccc(C(F)(F)F)c1SCc1ccccc1Br. The molecule has 0 radical (unpaired) electrons. The van der Waals surface area contributed by atoms with Gasteiger partial charge in [-0.25, -0.2) is 0 Å². The van der Waals surface area contributed by atoms with E-state index in [2.05, 4.69) is 32.4 Å². The summed E-state index contributed by atoms with van der Waals surface area (Å²) in [6, 6.07) is 11.3. The number of anilines is 1. The molecule has 0 fully saturated rings. The van der Waals surface area contributed by atoms with Crippen LogP contribution in [0.25, 0.3) is 0 Å². The molecule has 0 aliphatic carbocycles. The fraction of sp³-hybridized carbons (Fsp3) is 0.188. The number of carbonyl (C=O) groups excluding carboxylic acids is 1. The molecule has 0 heterocycles. The first-order valence-corrected chi connectivity index (χ1v) is 9.12. The molecule has 140 valence electrons. The molecule has 0 atom stereocenters. The highest BCUT2D eigenvalue weighted by molar-refractivity contribution is 9.10. The maximum atomic E-state index is 13.5. The smallest absolute Gasteiger partial charge is 0.296 e. The molecule has 0 bridgehead atoms. The van der Waals surface area contributed by atoms with Crippen LogP contribution in [0.15, 0.2) is 51.8 Å². The summed E-state index contributed by atoms with van der Waals surface area (Å²) in [5.41, 5.74) is 7.59. The Morgan fingerprint density at radius 3 is 2.58 bits per heavy atom. The molecular formula is C16H16BrF3N4OS. The molecule has 2 aromatic rings. The Balaban J connectivity index is 2.33. The number of rotatable bonds is 8. The molecule has 0 unspecified atom stereocenters. The molecule has 0 aromatic heterocycles. The molecule has 0 aliphatic rings. The number of hydrogen-bond acceptors (Lipinski definition) is 5. The second-order valence-corrected chi connectivity index (χ2v) is 6.93. The van der Waals surface area contributed by atoms with Crippen molar-refractivity contribution in [2.75, 3.05) is 12.1 Å². The number of amides is 1. The number of halogens is 4. The predicted octanol–water partition coefficient (Wildman–Crippen LogP) is 3.87. The van der Waals surface area contributed by atoms with E-state index in [0.717, 1.165) is 27.9 Å². The summed E-state index contributed by atoms with van der Waals surface area (Å²) < 4.78 is 41.2. The summed E-state index contributed by atoms with van der Waals surface area (Å²) in [5, 5.41) is 1.36. The zero-order valence-electron chi connectivity index (χ0n) is 13.6. The number of nitrogens with one attached hydrogen (secondary N) is 3. The van der Waals surface area contributed by atoms with Crippen LogP contribution in [-0.4, -0.2) is 13.5 Å². The van der Waals surface area contributed by atoms with Crippen molar-refractivity contribution in [1.82, 2.24) is 16.5 Å². The molecule has 0 spiro atoms. The van der Waals surface area contributed by atoms with Gasteiger partial charge in [0.1, 0.15) is 0 Å². The lowest BCUT2D eigenvalue weighted by atomic mass is 10.2. The Hall–Kier alpha value is -1.75. The number of benzene rings is 2. The fourth-order valence-electron chi connectivity index (χ4n) is 2.14. The minimum absolute atomic E-state index is 0.0821. The van der Waals surface area contributed by atoms with E-state index in [-0.39, 0.29) is 4.90 Å². The topological polar surface area (TPSA) is 56.4 Å². The summed E-state index contributed by atoms with van der Waals surface area (Å²) in [7, 11) is 1.54. The first-order valence-electron chi connectivity index (χ1n) is 7.34. The van der Waals surface area contributed by atoms with E-state index in [1.54, 1.807) is 6.07 Å². The van der Waals surface area contributed by atoms with E-state index < -0.39 is 11.7 Å². The van der Waals surface area contributed by atoms with Gasteiger partial charge >= 0.3 is 6.18 Å². The Morgan fingerprint density at radius 2 is 1.92 bits per heavy atom. The Kier molecular flexibility index (Phi) is 7.33. The standard InChI is InChI=1S/C16H16BrF3N4OS/c1-24(23-22-21-10-25)14-8-4-6-12(16(18,19)20)15(14)26-9-11-5-2-3-7-13(11)17/h2-8,10,22-23H,9H2,1H3,(H,21,25). The van der Waals surface area contributed by atoms with Gasteiger partial charge in [-0.1, -0.05) is 40.2 Å². The van der Waals surface area contributed by atoms with E-state index >= 15 is 0 Å². The van der Waals surface area contributed by atoms with Gasteiger partial charge in [0, 0.05) is 22.2 Å². The van der Waals surface area contributed by atoms with Crippen LogP contribution >= 0.6 is 27.7 Å². The third-order valence-electron chi connectivity index (χ3n) is 3.35. The molecule has 1 amide bonds. The summed E-state index contributed by atoms with van der Waals surface area (Å²) >= 11 is 4.49. The van der Waals surface area contributed by atoms with Crippen molar-refractivity contribution < 1.29 is 18.0 Å². The maximum absolute atomic E-state index is 13.5. The molecule has 10 heteroatoms. The van der Waals surface area contributed by atoms with Crippen molar-refractivity contribution in [3.8, 4) is 0 Å². The van der Waals surface area contributed by atoms with E-state index in [0.29, 0.717) is 17.9 Å². The second-order valence-electron chi connectivity index (χ2n) is 5.09. The van der Waals surface area contributed by atoms with Gasteiger partial charge in [-0.15, -0.1) is 11.8 Å². The normalized spacial score (nSPS) is 11.3. The third-order valence-corrected chi connectivity index (χ3v) is 5.29. The van der Waals surface area contributed by atoms with E-state index in [1.807, 2.05) is 24.3 Å². The lowest BCUT2D eigenvalue weighted by molar-refractivity contribution is -0.139. The van der Waals surface area contributed by atoms with Gasteiger partial charge in [-0.05, 0) is 23.8 Å². The Bertz CT molecular complexity index is 761. The van der Waals surface area contributed by atoms with Crippen LogP contribution in [0.4, 0.5) is 18.9 Å². The fourth-order valence-corrected chi connectivity index (χ4v) is 3.99.